The van der Waals surface area contributed by atoms with E-state index in [1.165, 1.54) is 44.0 Å². The Bertz CT molecular complexity index is 1410. The monoisotopic (exact) mass is 585 g/mol. The van der Waals surface area contributed by atoms with E-state index in [9.17, 15) is 0 Å². The van der Waals surface area contributed by atoms with E-state index < -0.39 is 29.8 Å². The van der Waals surface area contributed by atoms with Gasteiger partial charge in [-0.2, -0.15) is 0 Å². The molecule has 2 nitrogen and oxygen atoms in total. The summed E-state index contributed by atoms with van der Waals surface area (Å²) in [5.74, 6) is 0. The average molecular weight is 586 g/mol. The van der Waals surface area contributed by atoms with Gasteiger partial charge in [0.15, 0.2) is 0 Å². The Kier molecular flexibility index (Phi) is 7.48. The third-order valence-corrected chi connectivity index (χ3v) is 31.8. The van der Waals surface area contributed by atoms with Gasteiger partial charge in [0.25, 0.3) is 0 Å². The van der Waals surface area contributed by atoms with Crippen LogP contribution in [-0.2, 0) is 0 Å². The van der Waals surface area contributed by atoms with Crippen LogP contribution in [0, 0.1) is 0 Å². The summed E-state index contributed by atoms with van der Waals surface area (Å²) < 4.78 is 0. The number of para-hydroxylation sites is 4. The highest BCUT2D eigenvalue weighted by Crippen LogP contribution is 2.64. The van der Waals surface area contributed by atoms with Gasteiger partial charge in [-0.25, -0.2) is 0 Å². The lowest BCUT2D eigenvalue weighted by atomic mass is 10.2. The number of rotatable bonds is 2. The molecule has 0 aliphatic carbocycles. The molecule has 1 aliphatic heterocycles. The van der Waals surface area contributed by atoms with E-state index in [1.807, 2.05) is 0 Å². The van der Waals surface area contributed by atoms with Crippen LogP contribution in [0.1, 0.15) is 0 Å². The third-order valence-electron chi connectivity index (χ3n) is 8.43. The lowest BCUT2D eigenvalue weighted by molar-refractivity contribution is 1.22. The molecule has 6 heteroatoms. The van der Waals surface area contributed by atoms with Crippen molar-refractivity contribution in [1.82, 2.24) is 0 Å². The minimum atomic E-state index is -1.76. The maximum absolute atomic E-state index is 2.62. The summed E-state index contributed by atoms with van der Waals surface area (Å²) in [5.41, 5.74) is 5.43. The molecule has 0 atom stereocenters. The zero-order valence-corrected chi connectivity index (χ0v) is 28.8. The molecule has 0 radical (unpaired) electrons. The molecule has 4 aromatic rings. The summed E-state index contributed by atoms with van der Waals surface area (Å²) >= 11 is 0. The minimum absolute atomic E-state index is 0.542. The van der Waals surface area contributed by atoms with Gasteiger partial charge in [0.05, 0.1) is 19.1 Å². The SMILES string of the molecule is CN1c2ccccc2P([Si](C)(C)C)c2ccccc2N(C)c2ccccc2[P+](C)([Si](C)(C)C)c2ccccc21. The van der Waals surface area contributed by atoms with Crippen LogP contribution in [0.5, 0.6) is 0 Å². The Hall–Kier alpha value is -2.23. The molecule has 0 N–H and O–H groups in total. The van der Waals surface area contributed by atoms with Crippen molar-refractivity contribution in [2.75, 3.05) is 30.6 Å². The first-order valence-electron chi connectivity index (χ1n) is 13.9. The number of hydrogen-bond acceptors (Lipinski definition) is 2. The van der Waals surface area contributed by atoms with Crippen molar-refractivity contribution in [2.45, 2.75) is 39.3 Å². The van der Waals surface area contributed by atoms with Crippen LogP contribution in [0.25, 0.3) is 0 Å². The number of fused-ring (bicyclic) bond motifs is 4. The fourth-order valence-electron chi connectivity index (χ4n) is 6.09. The van der Waals surface area contributed by atoms with Gasteiger partial charge >= 0.3 is 0 Å². The Balaban J connectivity index is 1.98. The molecular weight excluding hydrogens is 542 g/mol. The van der Waals surface area contributed by atoms with Gasteiger partial charge in [0.1, 0.15) is 10.6 Å². The lowest BCUT2D eigenvalue weighted by Gasteiger charge is -2.41. The fourth-order valence-corrected chi connectivity index (χ4v) is 24.0. The molecule has 202 valence electrons. The van der Waals surface area contributed by atoms with Crippen molar-refractivity contribution < 1.29 is 0 Å². The fraction of sp³-hybridized carbons (Fsp3) is 0.273. The van der Waals surface area contributed by atoms with Crippen molar-refractivity contribution in [3.05, 3.63) is 97.1 Å². The largest absolute Gasteiger partial charge is 0.341 e. The van der Waals surface area contributed by atoms with Crippen LogP contribution < -0.4 is 31.0 Å². The second kappa shape index (κ2) is 10.3. The van der Waals surface area contributed by atoms with Crippen molar-refractivity contribution in [2.24, 2.45) is 0 Å². The van der Waals surface area contributed by atoms with Gasteiger partial charge in [-0.3, -0.25) is 0 Å². The molecule has 4 aromatic carbocycles. The summed E-state index contributed by atoms with van der Waals surface area (Å²) in [6.45, 7) is 16.2. The highest BCUT2D eigenvalue weighted by Gasteiger charge is 2.54. The predicted molar refractivity (Wildman–Crippen MR) is 187 cm³/mol. The normalized spacial score (nSPS) is 19.7. The quantitative estimate of drug-likeness (QED) is 0.173. The second-order valence-electron chi connectivity index (χ2n) is 12.8. The molecule has 0 saturated heterocycles. The topological polar surface area (TPSA) is 6.48 Å². The van der Waals surface area contributed by atoms with Crippen molar-refractivity contribution in [1.29, 1.82) is 0 Å². The molecule has 0 saturated carbocycles. The van der Waals surface area contributed by atoms with Crippen LogP contribution in [0.3, 0.4) is 0 Å². The van der Waals surface area contributed by atoms with Gasteiger partial charge in [-0.05, 0) is 56.0 Å². The molecule has 1 heterocycles. The summed E-state index contributed by atoms with van der Waals surface area (Å²) in [5, 5.41) is 6.08. The smallest absolute Gasteiger partial charge is 0.232 e. The molecule has 0 aromatic heterocycles. The van der Waals surface area contributed by atoms with E-state index in [4.69, 9.17) is 0 Å². The number of benzene rings is 4. The molecule has 0 amide bonds. The van der Waals surface area contributed by atoms with E-state index in [-0.39, 0.29) is 0 Å². The van der Waals surface area contributed by atoms with Crippen molar-refractivity contribution >= 4 is 73.7 Å². The van der Waals surface area contributed by atoms with E-state index in [0.29, 0.717) is 0 Å². The average Bonchev–Trinajstić information content (AvgIpc) is 2.91. The van der Waals surface area contributed by atoms with E-state index in [0.717, 1.165) is 0 Å². The number of hydrogen-bond donors (Lipinski definition) is 0. The lowest BCUT2D eigenvalue weighted by Crippen LogP contribution is -2.43. The van der Waals surface area contributed by atoms with Gasteiger partial charge in [0, 0.05) is 49.6 Å². The van der Waals surface area contributed by atoms with E-state index >= 15 is 0 Å². The highest BCUT2D eigenvalue weighted by atomic mass is 31.4. The van der Waals surface area contributed by atoms with Gasteiger partial charge in [-0.15, -0.1) is 0 Å². The summed E-state index contributed by atoms with van der Waals surface area (Å²) in [7, 11) is 0.689. The van der Waals surface area contributed by atoms with E-state index in [2.05, 4.69) is 167 Å². The molecule has 5 rings (SSSR count). The number of nitrogens with zero attached hydrogens (tertiary/aromatic N) is 2. The number of anilines is 4. The highest BCUT2D eigenvalue weighted by molar-refractivity contribution is 8.17. The standard InChI is InChI=1S/C33H43N2P2Si2/c1-34-26-18-10-14-22-30(26)36(38(4,5)6)31-23-15-11-19-27(31)35(2)29-21-13-17-25-33(29)37(3,39(7,8)9)32-24-16-12-20-28(32)34/h10-25H,1-9H3/q+1. The second-order valence-corrected chi connectivity index (χ2v) is 38.1. The molecular formula is C33H43N2P2Si2+. The Morgan fingerprint density at radius 1 is 0.513 bits per heavy atom. The van der Waals surface area contributed by atoms with Crippen LogP contribution in [-0.4, -0.2) is 36.2 Å². The minimum Gasteiger partial charge on any atom is -0.341 e. The van der Waals surface area contributed by atoms with Crippen LogP contribution in [0.2, 0.25) is 39.3 Å². The summed E-state index contributed by atoms with van der Waals surface area (Å²) in [4.78, 5) is 5.05. The summed E-state index contributed by atoms with van der Waals surface area (Å²) in [6.07, 6.45) is 0. The van der Waals surface area contributed by atoms with Crippen LogP contribution in [0.15, 0.2) is 97.1 Å². The first-order chi connectivity index (χ1) is 18.4. The first kappa shape index (κ1) is 28.3. The Morgan fingerprint density at radius 2 is 0.846 bits per heavy atom. The molecule has 0 unspecified atom stereocenters. The molecule has 0 bridgehead atoms. The van der Waals surface area contributed by atoms with Gasteiger partial charge < -0.3 is 9.80 Å². The summed E-state index contributed by atoms with van der Waals surface area (Å²) in [6, 6.07) is 37.1. The van der Waals surface area contributed by atoms with Crippen LogP contribution in [0.4, 0.5) is 22.7 Å². The van der Waals surface area contributed by atoms with Crippen LogP contribution >= 0.6 is 14.3 Å². The molecule has 39 heavy (non-hydrogen) atoms. The first-order valence-corrected chi connectivity index (χ1v) is 26.1. The Labute approximate surface area is 239 Å². The molecule has 0 fully saturated rings. The van der Waals surface area contributed by atoms with Gasteiger partial charge in [-0.1, -0.05) is 87.8 Å². The molecule has 1 aliphatic rings. The molecule has 0 spiro atoms. The third kappa shape index (κ3) is 4.74. The predicted octanol–water partition coefficient (Wildman–Crippen LogP) is 8.24. The maximum atomic E-state index is 2.62. The van der Waals surface area contributed by atoms with E-state index in [1.54, 1.807) is 0 Å². The Morgan fingerprint density at radius 3 is 1.21 bits per heavy atom. The maximum Gasteiger partial charge on any atom is 0.232 e. The van der Waals surface area contributed by atoms with Crippen molar-refractivity contribution in [3.63, 3.8) is 0 Å². The van der Waals surface area contributed by atoms with Gasteiger partial charge in [0.2, 0.25) is 7.74 Å². The zero-order chi connectivity index (χ0) is 28.2. The zero-order valence-electron chi connectivity index (χ0n) is 25.0. The van der Waals surface area contributed by atoms with Crippen molar-refractivity contribution in [3.8, 4) is 0 Å².